The Morgan fingerprint density at radius 2 is 2.03 bits per heavy atom. The number of non-ortho nitro benzene ring substituents is 1. The zero-order valence-corrected chi connectivity index (χ0v) is 19.5. The van der Waals surface area contributed by atoms with E-state index in [1.807, 2.05) is 0 Å². The van der Waals surface area contributed by atoms with Crippen LogP contribution >= 0.6 is 27.7 Å². The number of amides is 2. The number of fused-ring (bicyclic) bond motifs is 1. The zero-order chi connectivity index (χ0) is 24.1. The third kappa shape index (κ3) is 5.22. The number of ether oxygens (including phenoxy) is 1. The predicted octanol–water partition coefficient (Wildman–Crippen LogP) is 0.888. The lowest BCUT2D eigenvalue weighted by Gasteiger charge is -2.48. The molecule has 2 atom stereocenters. The molecule has 1 aromatic carbocycles. The minimum Gasteiger partial charge on any atom is -0.456 e. The number of hydrogen-bond acceptors (Lipinski definition) is 10. The zero-order valence-electron chi connectivity index (χ0n) is 17.1. The molecule has 0 aliphatic carbocycles. The number of nitrogens with one attached hydrogen (secondary N) is 1. The molecule has 0 bridgehead atoms. The summed E-state index contributed by atoms with van der Waals surface area (Å²) in [6, 6.07) is 4.56. The number of nitrogens with zero attached hydrogens (tertiary/aromatic N) is 3. The standard InChI is InChI=1S/C19H17BrN4O8S/c1-31-22-14(13(25)8-20)16(26)21-15-17(27)23-12(6-7-33-18(15)23)19(28)32-9-10-2-4-11(5-3-10)24(29)30/h2-6,15,18H,7-9H2,1H3,(H,21,26)/t15?,18-/m1/s1. The van der Waals surface area contributed by atoms with E-state index in [0.29, 0.717) is 11.3 Å². The van der Waals surface area contributed by atoms with Gasteiger partial charge in [-0.05, 0) is 23.8 Å². The Bertz CT molecular complexity index is 1060. The van der Waals surface area contributed by atoms with Crippen molar-refractivity contribution in [1.82, 2.24) is 10.2 Å². The Hall–Kier alpha value is -3.26. The minimum absolute atomic E-state index is 0.0403. The number of β-lactam (4-membered cyclic amide) rings is 1. The lowest BCUT2D eigenvalue weighted by atomic mass is 10.0. The Labute approximate surface area is 199 Å². The molecule has 2 amide bonds. The first kappa shape index (κ1) is 24.4. The molecule has 1 fully saturated rings. The highest BCUT2D eigenvalue weighted by molar-refractivity contribution is 9.09. The van der Waals surface area contributed by atoms with Crippen LogP contribution in [0.5, 0.6) is 0 Å². The molecule has 3 rings (SSSR count). The molecule has 12 nitrogen and oxygen atoms in total. The number of thioether (sulfide) groups is 1. The van der Waals surface area contributed by atoms with Crippen molar-refractivity contribution in [2.75, 3.05) is 18.2 Å². The second-order valence-electron chi connectivity index (χ2n) is 6.65. The number of nitro benzene ring substituents is 1. The SMILES string of the molecule is CON=C(C(=O)CBr)C(=O)NC1C(=O)N2C(C(=O)OCc3ccc([N+](=O)[O-])cc3)=CCS[C@H]12. The Morgan fingerprint density at radius 1 is 1.33 bits per heavy atom. The molecule has 174 valence electrons. The number of carbonyl (C=O) groups is 4. The topological polar surface area (TPSA) is 158 Å². The van der Waals surface area contributed by atoms with Gasteiger partial charge in [0.1, 0.15) is 30.8 Å². The number of carbonyl (C=O) groups excluding carboxylic acids is 4. The first-order valence-electron chi connectivity index (χ1n) is 9.35. The van der Waals surface area contributed by atoms with Gasteiger partial charge in [-0.1, -0.05) is 21.1 Å². The van der Waals surface area contributed by atoms with Gasteiger partial charge in [0.25, 0.3) is 17.5 Å². The average Bonchev–Trinajstić information content (AvgIpc) is 2.83. The van der Waals surface area contributed by atoms with Gasteiger partial charge in [0.15, 0.2) is 0 Å². The van der Waals surface area contributed by atoms with Gasteiger partial charge >= 0.3 is 5.97 Å². The van der Waals surface area contributed by atoms with Crippen LogP contribution in [0.4, 0.5) is 5.69 Å². The van der Waals surface area contributed by atoms with Crippen LogP contribution in [0.15, 0.2) is 41.2 Å². The fourth-order valence-electron chi connectivity index (χ4n) is 3.05. The highest BCUT2D eigenvalue weighted by Crippen LogP contribution is 2.37. The summed E-state index contributed by atoms with van der Waals surface area (Å²) in [4.78, 5) is 65.4. The fraction of sp³-hybridized carbons (Fsp3) is 0.316. The molecular formula is C19H17BrN4O8S. The van der Waals surface area contributed by atoms with Crippen molar-refractivity contribution in [3.8, 4) is 0 Å². The summed E-state index contributed by atoms with van der Waals surface area (Å²) < 4.78 is 5.25. The van der Waals surface area contributed by atoms with Crippen molar-refractivity contribution in [3.63, 3.8) is 0 Å². The van der Waals surface area contributed by atoms with E-state index < -0.39 is 45.6 Å². The predicted molar refractivity (Wildman–Crippen MR) is 119 cm³/mol. The number of halogens is 1. The van der Waals surface area contributed by atoms with Crippen LogP contribution in [0.3, 0.4) is 0 Å². The summed E-state index contributed by atoms with van der Waals surface area (Å²) in [5.41, 5.74) is 0.00620. The van der Waals surface area contributed by atoms with E-state index in [9.17, 15) is 29.3 Å². The molecule has 0 aromatic heterocycles. The van der Waals surface area contributed by atoms with Gasteiger partial charge in [0.05, 0.1) is 10.3 Å². The van der Waals surface area contributed by atoms with Crippen molar-refractivity contribution < 1.29 is 33.7 Å². The van der Waals surface area contributed by atoms with Crippen LogP contribution in [-0.2, 0) is 35.4 Å². The molecule has 14 heteroatoms. The molecule has 2 aliphatic rings. The summed E-state index contributed by atoms with van der Waals surface area (Å²) in [6.07, 6.45) is 1.54. The molecule has 0 spiro atoms. The van der Waals surface area contributed by atoms with Crippen LogP contribution in [0, 0.1) is 10.1 Å². The van der Waals surface area contributed by atoms with E-state index in [4.69, 9.17) is 4.74 Å². The van der Waals surface area contributed by atoms with E-state index in [1.54, 1.807) is 6.08 Å². The molecule has 1 aromatic rings. The molecule has 0 saturated carbocycles. The van der Waals surface area contributed by atoms with Crippen molar-refractivity contribution in [1.29, 1.82) is 0 Å². The molecule has 33 heavy (non-hydrogen) atoms. The van der Waals surface area contributed by atoms with Crippen LogP contribution in [-0.4, -0.2) is 68.7 Å². The summed E-state index contributed by atoms with van der Waals surface area (Å²) in [6.45, 7) is -0.139. The second-order valence-corrected chi connectivity index (χ2v) is 8.36. The number of ketones is 1. The van der Waals surface area contributed by atoms with Gasteiger partial charge in [-0.2, -0.15) is 0 Å². The van der Waals surface area contributed by atoms with Gasteiger partial charge < -0.3 is 14.9 Å². The first-order valence-corrected chi connectivity index (χ1v) is 11.5. The van der Waals surface area contributed by atoms with Crippen molar-refractivity contribution in [2.24, 2.45) is 5.16 Å². The smallest absolute Gasteiger partial charge is 0.355 e. The molecule has 0 radical (unpaired) electrons. The number of oxime groups is 1. The maximum absolute atomic E-state index is 12.7. The molecule has 1 unspecified atom stereocenters. The maximum Gasteiger partial charge on any atom is 0.355 e. The normalized spacial score (nSPS) is 19.6. The second kappa shape index (κ2) is 10.6. The molecule has 2 aliphatic heterocycles. The van der Waals surface area contributed by atoms with Gasteiger partial charge in [-0.25, -0.2) is 4.79 Å². The number of nitro groups is 1. The van der Waals surface area contributed by atoms with E-state index in [-0.39, 0.29) is 23.3 Å². The van der Waals surface area contributed by atoms with Crippen LogP contribution in [0.1, 0.15) is 5.56 Å². The van der Waals surface area contributed by atoms with E-state index in [1.165, 1.54) is 48.0 Å². The molecular weight excluding hydrogens is 524 g/mol. The fourth-order valence-corrected chi connectivity index (χ4v) is 4.51. The van der Waals surface area contributed by atoms with Gasteiger partial charge in [0, 0.05) is 17.9 Å². The highest BCUT2D eigenvalue weighted by Gasteiger charge is 2.53. The third-order valence-corrected chi connectivity index (χ3v) is 6.34. The number of benzene rings is 1. The van der Waals surface area contributed by atoms with Crippen LogP contribution < -0.4 is 5.32 Å². The van der Waals surface area contributed by atoms with Crippen molar-refractivity contribution in [3.05, 3.63) is 51.7 Å². The minimum atomic E-state index is -0.959. The lowest BCUT2D eigenvalue weighted by Crippen LogP contribution is -2.70. The maximum atomic E-state index is 12.7. The van der Waals surface area contributed by atoms with Crippen molar-refractivity contribution >= 4 is 62.7 Å². The molecule has 2 heterocycles. The van der Waals surface area contributed by atoms with E-state index in [0.717, 1.165) is 0 Å². The number of Topliss-reactive ketones (excluding diaryl/α,β-unsaturated/α-hetero) is 1. The van der Waals surface area contributed by atoms with E-state index in [2.05, 4.69) is 31.2 Å². The lowest BCUT2D eigenvalue weighted by molar-refractivity contribution is -0.384. The summed E-state index contributed by atoms with van der Waals surface area (Å²) >= 11 is 4.27. The monoisotopic (exact) mass is 540 g/mol. The van der Waals surface area contributed by atoms with Gasteiger partial charge in [0.2, 0.25) is 11.5 Å². The van der Waals surface area contributed by atoms with Gasteiger partial charge in [-0.15, -0.1) is 11.8 Å². The first-order chi connectivity index (χ1) is 15.8. The Morgan fingerprint density at radius 3 is 2.64 bits per heavy atom. The molecule has 1 saturated heterocycles. The van der Waals surface area contributed by atoms with Crippen molar-refractivity contribution in [2.45, 2.75) is 18.0 Å². The quantitative estimate of drug-likeness (QED) is 0.0912. The average molecular weight is 541 g/mol. The van der Waals surface area contributed by atoms with Gasteiger partial charge in [-0.3, -0.25) is 29.4 Å². The van der Waals surface area contributed by atoms with Crippen LogP contribution in [0.25, 0.3) is 0 Å². The number of alkyl halides is 1. The highest BCUT2D eigenvalue weighted by atomic mass is 79.9. The third-order valence-electron chi connectivity index (χ3n) is 4.64. The molecule has 1 N–H and O–H groups in total. The number of esters is 1. The Balaban J connectivity index is 1.62. The Kier molecular flexibility index (Phi) is 7.81. The largest absolute Gasteiger partial charge is 0.456 e. The summed E-state index contributed by atoms with van der Waals surface area (Å²) in [5, 5.41) is 15.9. The number of rotatable bonds is 9. The summed E-state index contributed by atoms with van der Waals surface area (Å²) in [7, 11) is 1.18. The van der Waals surface area contributed by atoms with E-state index >= 15 is 0 Å². The number of hydrogen-bond donors (Lipinski definition) is 1. The van der Waals surface area contributed by atoms with Crippen LogP contribution in [0.2, 0.25) is 0 Å². The summed E-state index contributed by atoms with van der Waals surface area (Å²) in [5.74, 6) is -2.38.